The monoisotopic (exact) mass is 401 g/mol. The first kappa shape index (κ1) is 21.1. The number of nitrogen functional groups attached to an aromatic ring is 1. The van der Waals surface area contributed by atoms with Gasteiger partial charge in [0.25, 0.3) is 0 Å². The lowest BCUT2D eigenvalue weighted by Crippen LogP contribution is -2.49. The molecule has 1 unspecified atom stereocenters. The summed E-state index contributed by atoms with van der Waals surface area (Å²) >= 11 is 0. The van der Waals surface area contributed by atoms with Gasteiger partial charge in [0.05, 0.1) is 6.04 Å². The third-order valence-electron chi connectivity index (χ3n) is 5.46. The van der Waals surface area contributed by atoms with Crippen molar-refractivity contribution >= 4 is 17.8 Å². The molecular weight excluding hydrogens is 370 g/mol. The number of amides is 1. The first-order chi connectivity index (χ1) is 13.8. The summed E-state index contributed by atoms with van der Waals surface area (Å²) in [6.07, 6.45) is 3.30. The molecule has 29 heavy (non-hydrogen) atoms. The minimum absolute atomic E-state index is 0.00268. The summed E-state index contributed by atoms with van der Waals surface area (Å²) in [5, 5.41) is 18.1. The Morgan fingerprint density at radius 2 is 1.86 bits per heavy atom. The molecule has 1 aliphatic heterocycles. The molecule has 3 N–H and O–H groups in total. The van der Waals surface area contributed by atoms with Crippen LogP contribution in [0.1, 0.15) is 46.5 Å². The molecule has 3 rings (SSSR count). The predicted molar refractivity (Wildman–Crippen MR) is 113 cm³/mol. The quantitative estimate of drug-likeness (QED) is 0.702. The van der Waals surface area contributed by atoms with Crippen molar-refractivity contribution in [2.75, 3.05) is 30.3 Å². The van der Waals surface area contributed by atoms with Crippen molar-refractivity contribution in [1.82, 2.24) is 15.1 Å². The van der Waals surface area contributed by atoms with Gasteiger partial charge >= 0.3 is 12.1 Å². The maximum atomic E-state index is 12.2. The summed E-state index contributed by atoms with van der Waals surface area (Å²) in [4.78, 5) is 15.8. The Balaban J connectivity index is 1.83. The highest BCUT2D eigenvalue weighted by Gasteiger charge is 2.37. The second-order valence-corrected chi connectivity index (χ2v) is 8.74. The largest absolute Gasteiger partial charge is 0.465 e. The number of carbonyl (C=O) groups is 1. The lowest BCUT2D eigenvalue weighted by atomic mass is 9.83. The molecule has 2 aromatic rings. The smallest absolute Gasteiger partial charge is 0.415 e. The minimum Gasteiger partial charge on any atom is -0.465 e. The molecule has 8 nitrogen and oxygen atoms in total. The van der Waals surface area contributed by atoms with Crippen LogP contribution in [0.2, 0.25) is 0 Å². The topological polar surface area (TPSA) is 109 Å². The van der Waals surface area contributed by atoms with Crippen molar-refractivity contribution in [2.45, 2.75) is 52.5 Å². The number of hydrogen-bond acceptors (Lipinski definition) is 6. The van der Waals surface area contributed by atoms with Gasteiger partial charge in [-0.25, -0.2) is 9.69 Å². The van der Waals surface area contributed by atoms with Crippen molar-refractivity contribution in [3.8, 4) is 11.5 Å². The number of rotatable bonds is 6. The normalized spacial score (nSPS) is 16.5. The zero-order valence-corrected chi connectivity index (χ0v) is 17.5. The van der Waals surface area contributed by atoms with E-state index in [1.54, 1.807) is 24.3 Å². The van der Waals surface area contributed by atoms with E-state index in [1.165, 1.54) is 24.2 Å². The maximum absolute atomic E-state index is 12.2. The van der Waals surface area contributed by atoms with E-state index in [1.807, 2.05) is 20.8 Å². The Labute approximate surface area is 171 Å². The van der Waals surface area contributed by atoms with Gasteiger partial charge in [-0.15, -0.1) is 5.10 Å². The van der Waals surface area contributed by atoms with E-state index in [9.17, 15) is 9.90 Å². The molecule has 0 aliphatic carbocycles. The van der Waals surface area contributed by atoms with Crippen molar-refractivity contribution in [3.05, 3.63) is 24.3 Å². The van der Waals surface area contributed by atoms with E-state index in [0.29, 0.717) is 17.7 Å². The van der Waals surface area contributed by atoms with Crippen LogP contribution in [0, 0.1) is 5.41 Å². The molecule has 1 aromatic heterocycles. The van der Waals surface area contributed by atoms with Gasteiger partial charge in [-0.3, -0.25) is 0 Å². The molecule has 1 aliphatic rings. The van der Waals surface area contributed by atoms with E-state index in [0.717, 1.165) is 19.6 Å². The molecule has 8 heteroatoms. The fraction of sp³-hybridized carbons (Fsp3) is 0.571. The Hall–Kier alpha value is -2.61. The molecule has 0 saturated carbocycles. The van der Waals surface area contributed by atoms with Gasteiger partial charge in [-0.2, -0.15) is 0 Å². The zero-order chi connectivity index (χ0) is 21.0. The van der Waals surface area contributed by atoms with Crippen LogP contribution in [0.15, 0.2) is 28.7 Å². The van der Waals surface area contributed by atoms with Crippen LogP contribution in [-0.2, 0) is 0 Å². The van der Waals surface area contributed by atoms with Gasteiger partial charge in [0.15, 0.2) is 0 Å². The Morgan fingerprint density at radius 3 is 2.45 bits per heavy atom. The molecule has 0 radical (unpaired) electrons. The minimum atomic E-state index is -1.09. The predicted octanol–water partition coefficient (Wildman–Crippen LogP) is 4.09. The van der Waals surface area contributed by atoms with E-state index in [2.05, 4.69) is 15.1 Å². The number of nitrogens with two attached hydrogens (primary N) is 1. The molecular formula is C21H31N5O3. The molecule has 1 atom stereocenters. The second-order valence-electron chi connectivity index (χ2n) is 8.74. The third kappa shape index (κ3) is 5.26. The number of anilines is 2. The van der Waals surface area contributed by atoms with Gasteiger partial charge in [0, 0.05) is 17.8 Å². The van der Waals surface area contributed by atoms with Crippen molar-refractivity contribution in [1.29, 1.82) is 0 Å². The molecule has 0 spiro atoms. The lowest BCUT2D eigenvalue weighted by molar-refractivity contribution is 0.171. The van der Waals surface area contributed by atoms with E-state index in [4.69, 9.17) is 10.2 Å². The highest BCUT2D eigenvalue weighted by atomic mass is 16.4. The van der Waals surface area contributed by atoms with Gasteiger partial charge in [0.2, 0.25) is 5.89 Å². The van der Waals surface area contributed by atoms with E-state index in [-0.39, 0.29) is 23.4 Å². The zero-order valence-electron chi connectivity index (χ0n) is 17.5. The Morgan fingerprint density at radius 1 is 1.21 bits per heavy atom. The summed E-state index contributed by atoms with van der Waals surface area (Å²) in [5.74, 6) is 0.273. The Kier molecular flexibility index (Phi) is 6.42. The Bertz CT molecular complexity index is 806. The van der Waals surface area contributed by atoms with Gasteiger partial charge in [-0.05, 0) is 62.0 Å². The first-order valence-electron chi connectivity index (χ1n) is 10.2. The van der Waals surface area contributed by atoms with Crippen LogP contribution < -0.4 is 10.6 Å². The van der Waals surface area contributed by atoms with Crippen LogP contribution in [0.25, 0.3) is 11.5 Å². The highest BCUT2D eigenvalue weighted by molar-refractivity contribution is 5.84. The fourth-order valence-electron chi connectivity index (χ4n) is 3.84. The van der Waals surface area contributed by atoms with Crippen LogP contribution in [0.4, 0.5) is 16.5 Å². The maximum Gasteiger partial charge on any atom is 0.415 e. The molecule has 1 saturated heterocycles. The van der Waals surface area contributed by atoms with Gasteiger partial charge in [0.1, 0.15) is 0 Å². The SMILES string of the molecule is CC(C)(C)C(CCN1CCCCC1)N(C(=O)O)c1nnc(-c2ccc(N)cc2)o1. The summed E-state index contributed by atoms with van der Waals surface area (Å²) in [6, 6.07) is 6.74. The van der Waals surface area contributed by atoms with E-state index < -0.39 is 6.09 Å². The van der Waals surface area contributed by atoms with Crippen molar-refractivity contribution in [3.63, 3.8) is 0 Å². The van der Waals surface area contributed by atoms with Gasteiger partial charge < -0.3 is 20.2 Å². The second kappa shape index (κ2) is 8.82. The van der Waals surface area contributed by atoms with Crippen LogP contribution in [0.3, 0.4) is 0 Å². The number of likely N-dealkylation sites (tertiary alicyclic amines) is 1. The van der Waals surface area contributed by atoms with Crippen LogP contribution in [-0.4, -0.2) is 52.0 Å². The molecule has 1 amide bonds. The van der Waals surface area contributed by atoms with E-state index >= 15 is 0 Å². The van der Waals surface area contributed by atoms with Crippen LogP contribution in [0.5, 0.6) is 0 Å². The fourth-order valence-corrected chi connectivity index (χ4v) is 3.84. The molecule has 2 heterocycles. The standard InChI is InChI=1S/C21H31N5O3/c1-21(2,3)17(11-14-25-12-5-4-6-13-25)26(20(27)28)19-24-23-18(29-19)15-7-9-16(22)10-8-15/h7-10,17H,4-6,11-14,22H2,1-3H3,(H,27,28). The summed E-state index contributed by atoms with van der Waals surface area (Å²) in [5.41, 5.74) is 6.76. The molecule has 1 fully saturated rings. The molecule has 1 aromatic carbocycles. The number of hydrogen-bond donors (Lipinski definition) is 2. The molecule has 158 valence electrons. The molecule has 0 bridgehead atoms. The number of aromatic nitrogens is 2. The average Bonchev–Trinajstić information content (AvgIpc) is 3.14. The van der Waals surface area contributed by atoms with Crippen molar-refractivity contribution < 1.29 is 14.3 Å². The number of nitrogens with zero attached hydrogens (tertiary/aromatic N) is 4. The average molecular weight is 402 g/mol. The summed E-state index contributed by atoms with van der Waals surface area (Å²) < 4.78 is 5.77. The van der Waals surface area contributed by atoms with Crippen LogP contribution >= 0.6 is 0 Å². The summed E-state index contributed by atoms with van der Waals surface area (Å²) in [7, 11) is 0. The van der Waals surface area contributed by atoms with Gasteiger partial charge in [-0.1, -0.05) is 32.3 Å². The highest BCUT2D eigenvalue weighted by Crippen LogP contribution is 2.32. The number of benzene rings is 1. The van der Waals surface area contributed by atoms with Crippen molar-refractivity contribution in [2.24, 2.45) is 5.41 Å². The summed E-state index contributed by atoms with van der Waals surface area (Å²) in [6.45, 7) is 9.13. The third-order valence-corrected chi connectivity index (χ3v) is 5.46. The first-order valence-corrected chi connectivity index (χ1v) is 10.2. The lowest BCUT2D eigenvalue weighted by Gasteiger charge is -2.38. The number of piperidine rings is 1. The number of carboxylic acid groups (broad SMARTS) is 1.